The molecule has 98 valence electrons. The average molecular weight is 228 g/mol. The van der Waals surface area contributed by atoms with Crippen molar-refractivity contribution in [3.63, 3.8) is 0 Å². The van der Waals surface area contributed by atoms with E-state index in [1.807, 2.05) is 0 Å². The van der Waals surface area contributed by atoms with Crippen molar-refractivity contribution < 1.29 is 0 Å². The first-order valence-corrected chi connectivity index (χ1v) is 7.16. The standard InChI is InChI=1S/C14H32N2/c1-5-7-12-16(6-2)13-10-8-9-11-15-14(3)4/h14-15H,5-13H2,1-4H3. The molecule has 0 saturated carbocycles. The van der Waals surface area contributed by atoms with Gasteiger partial charge in [0.25, 0.3) is 0 Å². The Morgan fingerprint density at radius 1 is 0.938 bits per heavy atom. The number of rotatable bonds is 11. The van der Waals surface area contributed by atoms with Crippen molar-refractivity contribution in [2.24, 2.45) is 0 Å². The molecule has 0 aliphatic heterocycles. The fraction of sp³-hybridized carbons (Fsp3) is 1.00. The molecule has 0 spiro atoms. The van der Waals surface area contributed by atoms with E-state index in [4.69, 9.17) is 0 Å². The van der Waals surface area contributed by atoms with Crippen LogP contribution in [-0.2, 0) is 0 Å². The lowest BCUT2D eigenvalue weighted by atomic mass is 10.2. The van der Waals surface area contributed by atoms with Crippen LogP contribution in [0.4, 0.5) is 0 Å². The Morgan fingerprint density at radius 2 is 1.62 bits per heavy atom. The summed E-state index contributed by atoms with van der Waals surface area (Å²) in [6, 6.07) is 0.636. The first kappa shape index (κ1) is 15.9. The predicted octanol–water partition coefficient (Wildman–Crippen LogP) is 3.28. The molecule has 0 atom stereocenters. The molecule has 0 unspecified atom stereocenters. The Kier molecular flexibility index (Phi) is 11.3. The molecular weight excluding hydrogens is 196 g/mol. The van der Waals surface area contributed by atoms with Crippen LogP contribution in [-0.4, -0.2) is 37.1 Å². The Morgan fingerprint density at radius 3 is 2.19 bits per heavy atom. The molecule has 0 heterocycles. The highest BCUT2D eigenvalue weighted by Crippen LogP contribution is 2.00. The summed E-state index contributed by atoms with van der Waals surface area (Å²) in [6.07, 6.45) is 6.71. The van der Waals surface area contributed by atoms with Gasteiger partial charge in [0.15, 0.2) is 0 Å². The largest absolute Gasteiger partial charge is 0.315 e. The average Bonchev–Trinajstić information content (AvgIpc) is 2.26. The van der Waals surface area contributed by atoms with E-state index in [-0.39, 0.29) is 0 Å². The topological polar surface area (TPSA) is 15.3 Å². The number of hydrogen-bond acceptors (Lipinski definition) is 2. The van der Waals surface area contributed by atoms with Crippen LogP contribution < -0.4 is 5.32 Å². The van der Waals surface area contributed by atoms with Gasteiger partial charge in [0, 0.05) is 6.04 Å². The number of nitrogens with one attached hydrogen (secondary N) is 1. The van der Waals surface area contributed by atoms with E-state index in [0.717, 1.165) is 0 Å². The molecule has 0 aliphatic rings. The number of nitrogens with zero attached hydrogens (tertiary/aromatic N) is 1. The van der Waals surface area contributed by atoms with Crippen molar-refractivity contribution in [1.29, 1.82) is 0 Å². The Hall–Kier alpha value is -0.0800. The summed E-state index contributed by atoms with van der Waals surface area (Å²) in [5.41, 5.74) is 0. The molecular formula is C14H32N2. The summed E-state index contributed by atoms with van der Waals surface area (Å²) in [5.74, 6) is 0. The fourth-order valence-corrected chi connectivity index (χ4v) is 1.84. The zero-order valence-electron chi connectivity index (χ0n) is 11.9. The predicted molar refractivity (Wildman–Crippen MR) is 74.0 cm³/mol. The third-order valence-electron chi connectivity index (χ3n) is 2.98. The highest BCUT2D eigenvalue weighted by molar-refractivity contribution is 4.57. The van der Waals surface area contributed by atoms with Gasteiger partial charge in [-0.1, -0.05) is 40.5 Å². The van der Waals surface area contributed by atoms with Crippen LogP contribution >= 0.6 is 0 Å². The van der Waals surface area contributed by atoms with Gasteiger partial charge in [0.2, 0.25) is 0 Å². The summed E-state index contributed by atoms with van der Waals surface area (Å²) >= 11 is 0. The molecule has 0 bridgehead atoms. The molecule has 0 aromatic rings. The molecule has 0 fully saturated rings. The minimum atomic E-state index is 0.636. The van der Waals surface area contributed by atoms with Crippen molar-refractivity contribution in [3.05, 3.63) is 0 Å². The van der Waals surface area contributed by atoms with E-state index in [1.54, 1.807) is 0 Å². The molecule has 0 saturated heterocycles. The van der Waals surface area contributed by atoms with Crippen molar-refractivity contribution in [2.75, 3.05) is 26.2 Å². The Labute approximate surface area is 103 Å². The van der Waals surface area contributed by atoms with E-state index >= 15 is 0 Å². The second-order valence-corrected chi connectivity index (χ2v) is 4.96. The van der Waals surface area contributed by atoms with E-state index < -0.39 is 0 Å². The molecule has 0 aromatic carbocycles. The molecule has 0 aromatic heterocycles. The van der Waals surface area contributed by atoms with Crippen molar-refractivity contribution in [1.82, 2.24) is 10.2 Å². The van der Waals surface area contributed by atoms with Gasteiger partial charge in [-0.15, -0.1) is 0 Å². The van der Waals surface area contributed by atoms with E-state index in [0.29, 0.717) is 6.04 Å². The molecule has 0 rings (SSSR count). The van der Waals surface area contributed by atoms with Crippen LogP contribution in [0.5, 0.6) is 0 Å². The van der Waals surface area contributed by atoms with Gasteiger partial charge in [-0.2, -0.15) is 0 Å². The first-order chi connectivity index (χ1) is 7.70. The number of unbranched alkanes of at least 4 members (excludes halogenated alkanes) is 3. The zero-order chi connectivity index (χ0) is 12.2. The van der Waals surface area contributed by atoms with Crippen molar-refractivity contribution in [3.8, 4) is 0 Å². The highest BCUT2D eigenvalue weighted by atomic mass is 15.1. The summed E-state index contributed by atoms with van der Waals surface area (Å²) in [6.45, 7) is 13.9. The molecule has 0 aliphatic carbocycles. The normalized spacial score (nSPS) is 11.6. The van der Waals surface area contributed by atoms with Crippen molar-refractivity contribution in [2.45, 2.75) is 65.8 Å². The molecule has 2 nitrogen and oxygen atoms in total. The smallest absolute Gasteiger partial charge is 0.00103 e. The highest BCUT2D eigenvalue weighted by Gasteiger charge is 2.00. The van der Waals surface area contributed by atoms with Gasteiger partial charge in [-0.25, -0.2) is 0 Å². The SMILES string of the molecule is CCCCN(CC)CCCCCNC(C)C. The minimum absolute atomic E-state index is 0.636. The Bertz CT molecular complexity index is 135. The summed E-state index contributed by atoms with van der Waals surface area (Å²) < 4.78 is 0. The van der Waals surface area contributed by atoms with Gasteiger partial charge < -0.3 is 10.2 Å². The maximum atomic E-state index is 3.47. The second kappa shape index (κ2) is 11.4. The molecule has 0 radical (unpaired) electrons. The number of hydrogen-bond donors (Lipinski definition) is 1. The van der Waals surface area contributed by atoms with Gasteiger partial charge in [0.1, 0.15) is 0 Å². The molecule has 1 N–H and O–H groups in total. The second-order valence-electron chi connectivity index (χ2n) is 4.96. The van der Waals surface area contributed by atoms with E-state index in [9.17, 15) is 0 Å². The molecule has 2 heteroatoms. The summed E-state index contributed by atoms with van der Waals surface area (Å²) in [5, 5.41) is 3.47. The molecule has 16 heavy (non-hydrogen) atoms. The lowest BCUT2D eigenvalue weighted by Gasteiger charge is -2.19. The first-order valence-electron chi connectivity index (χ1n) is 7.16. The maximum absolute atomic E-state index is 3.47. The third kappa shape index (κ3) is 10.4. The van der Waals surface area contributed by atoms with Crippen molar-refractivity contribution >= 4 is 0 Å². The lowest BCUT2D eigenvalue weighted by Crippen LogP contribution is -2.26. The minimum Gasteiger partial charge on any atom is -0.315 e. The van der Waals surface area contributed by atoms with Crippen LogP contribution in [0.2, 0.25) is 0 Å². The van der Waals surface area contributed by atoms with E-state index in [1.165, 1.54) is 58.3 Å². The van der Waals surface area contributed by atoms with Crippen LogP contribution in [0.25, 0.3) is 0 Å². The van der Waals surface area contributed by atoms with E-state index in [2.05, 4.69) is 37.9 Å². The van der Waals surface area contributed by atoms with Gasteiger partial charge in [0.05, 0.1) is 0 Å². The van der Waals surface area contributed by atoms with Gasteiger partial charge in [-0.05, 0) is 45.4 Å². The lowest BCUT2D eigenvalue weighted by molar-refractivity contribution is 0.276. The fourth-order valence-electron chi connectivity index (χ4n) is 1.84. The summed E-state index contributed by atoms with van der Waals surface area (Å²) in [4.78, 5) is 2.58. The van der Waals surface area contributed by atoms with Gasteiger partial charge >= 0.3 is 0 Å². The monoisotopic (exact) mass is 228 g/mol. The van der Waals surface area contributed by atoms with Crippen LogP contribution in [0, 0.1) is 0 Å². The van der Waals surface area contributed by atoms with Crippen LogP contribution in [0.3, 0.4) is 0 Å². The summed E-state index contributed by atoms with van der Waals surface area (Å²) in [7, 11) is 0. The van der Waals surface area contributed by atoms with Crippen LogP contribution in [0.1, 0.15) is 59.8 Å². The molecule has 0 amide bonds. The Balaban J connectivity index is 3.27. The quantitative estimate of drug-likeness (QED) is 0.546. The van der Waals surface area contributed by atoms with Gasteiger partial charge in [-0.3, -0.25) is 0 Å². The van der Waals surface area contributed by atoms with Crippen LogP contribution in [0.15, 0.2) is 0 Å². The zero-order valence-corrected chi connectivity index (χ0v) is 11.9. The third-order valence-corrected chi connectivity index (χ3v) is 2.98. The maximum Gasteiger partial charge on any atom is 0.00103 e.